The molecule has 0 N–H and O–H groups in total. The molecule has 0 spiro atoms. The van der Waals surface area contributed by atoms with Crippen molar-refractivity contribution in [2.24, 2.45) is 0 Å². The van der Waals surface area contributed by atoms with Gasteiger partial charge in [0.05, 0.1) is 37.3 Å². The van der Waals surface area contributed by atoms with Crippen molar-refractivity contribution in [3.8, 4) is 5.75 Å². The van der Waals surface area contributed by atoms with Gasteiger partial charge < -0.3 is 18.8 Å². The van der Waals surface area contributed by atoms with Crippen molar-refractivity contribution < 1.29 is 18.7 Å². The average Bonchev–Trinajstić information content (AvgIpc) is 3.11. The lowest BCUT2D eigenvalue weighted by Gasteiger charge is -2.31. The summed E-state index contributed by atoms with van der Waals surface area (Å²) in [6.07, 6.45) is 0. The van der Waals surface area contributed by atoms with Gasteiger partial charge in [0.2, 0.25) is 5.76 Å². The Hall–Kier alpha value is -2.87. The average molecular weight is 469 g/mol. The van der Waals surface area contributed by atoms with Crippen LogP contribution in [0.3, 0.4) is 0 Å². The van der Waals surface area contributed by atoms with Gasteiger partial charge in [-0.15, -0.1) is 0 Å². The Morgan fingerprint density at radius 2 is 1.91 bits per heavy atom. The Balaban J connectivity index is 1.63. The predicted molar refractivity (Wildman–Crippen MR) is 125 cm³/mol. The molecule has 2 aliphatic heterocycles. The first kappa shape index (κ1) is 21.9. The smallest absolute Gasteiger partial charge is 0.290 e. The van der Waals surface area contributed by atoms with Crippen LogP contribution in [0.5, 0.6) is 5.75 Å². The fourth-order valence-corrected chi connectivity index (χ4v) is 4.77. The number of carbonyl (C=O) groups is 1. The first-order chi connectivity index (χ1) is 16.0. The van der Waals surface area contributed by atoms with Gasteiger partial charge in [0.15, 0.2) is 5.43 Å². The fourth-order valence-electron chi connectivity index (χ4n) is 4.60. The summed E-state index contributed by atoms with van der Waals surface area (Å²) in [4.78, 5) is 31.2. The molecule has 1 atom stereocenters. The number of halogens is 1. The molecular weight excluding hydrogens is 444 g/mol. The monoisotopic (exact) mass is 468 g/mol. The number of morpholine rings is 1. The number of hydrogen-bond acceptors (Lipinski definition) is 6. The van der Waals surface area contributed by atoms with E-state index in [0.717, 1.165) is 24.2 Å². The van der Waals surface area contributed by atoms with Crippen molar-refractivity contribution in [3.05, 3.63) is 74.1 Å². The van der Waals surface area contributed by atoms with Gasteiger partial charge in [-0.3, -0.25) is 14.5 Å². The van der Waals surface area contributed by atoms with Crippen molar-refractivity contribution in [1.82, 2.24) is 9.80 Å². The molecule has 7 nitrogen and oxygen atoms in total. The lowest BCUT2D eigenvalue weighted by Crippen LogP contribution is -2.42. The number of fused-ring (bicyclic) bond motifs is 2. The second-order valence-electron chi connectivity index (χ2n) is 8.40. The van der Waals surface area contributed by atoms with Crippen molar-refractivity contribution in [3.63, 3.8) is 0 Å². The van der Waals surface area contributed by atoms with Gasteiger partial charge >= 0.3 is 0 Å². The predicted octanol–water partition coefficient (Wildman–Crippen LogP) is 3.64. The number of hydrogen-bond donors (Lipinski definition) is 0. The molecule has 0 radical (unpaired) electrons. The van der Waals surface area contributed by atoms with E-state index >= 15 is 0 Å². The zero-order chi connectivity index (χ0) is 23.1. The van der Waals surface area contributed by atoms with E-state index in [1.165, 1.54) is 0 Å². The molecule has 1 saturated heterocycles. The van der Waals surface area contributed by atoms with E-state index in [1.54, 1.807) is 24.1 Å². The topological polar surface area (TPSA) is 72.2 Å². The van der Waals surface area contributed by atoms with Crippen molar-refractivity contribution in [2.75, 3.05) is 46.5 Å². The molecule has 2 aliphatic rings. The number of aryl methyl sites for hydroxylation is 1. The number of rotatable bonds is 5. The minimum absolute atomic E-state index is 0.101. The molecular formula is C25H25ClN2O5. The molecule has 2 aromatic carbocycles. The van der Waals surface area contributed by atoms with E-state index in [2.05, 4.69) is 4.90 Å². The molecule has 0 bridgehead atoms. The van der Waals surface area contributed by atoms with Gasteiger partial charge in [-0.25, -0.2) is 0 Å². The molecule has 1 amide bonds. The Kier molecular flexibility index (Phi) is 5.86. The Labute approximate surface area is 196 Å². The Morgan fingerprint density at radius 3 is 2.67 bits per heavy atom. The van der Waals surface area contributed by atoms with E-state index in [-0.39, 0.29) is 17.1 Å². The lowest BCUT2D eigenvalue weighted by molar-refractivity contribution is 0.0314. The number of methoxy groups -OCH3 is 1. The molecule has 3 aromatic rings. The summed E-state index contributed by atoms with van der Waals surface area (Å²) in [7, 11) is 1.59. The third-order valence-corrected chi connectivity index (χ3v) is 6.82. The minimum atomic E-state index is -0.565. The third-order valence-electron chi connectivity index (χ3n) is 6.42. The highest BCUT2D eigenvalue weighted by Crippen LogP contribution is 2.39. The standard InChI is InChI=1S/C25H25ClN2O5/c1-15-12-20-18(14-19(15)26)23(29)21-22(16-4-3-5-17(13-16)31-2)28(25(30)24(21)33-20)7-6-27-8-10-32-11-9-27/h3-5,12-14,22H,6-11H2,1-2H3. The molecule has 3 heterocycles. The van der Waals surface area contributed by atoms with Crippen LogP contribution in [-0.2, 0) is 4.74 Å². The van der Waals surface area contributed by atoms with Gasteiger partial charge in [-0.05, 0) is 42.3 Å². The highest BCUT2D eigenvalue weighted by atomic mass is 35.5. The van der Waals surface area contributed by atoms with Crippen LogP contribution < -0.4 is 10.2 Å². The second kappa shape index (κ2) is 8.82. The number of nitrogens with zero attached hydrogens (tertiary/aromatic N) is 2. The van der Waals surface area contributed by atoms with Crippen molar-refractivity contribution in [1.29, 1.82) is 0 Å². The van der Waals surface area contributed by atoms with Gasteiger partial charge in [-0.2, -0.15) is 0 Å². The summed E-state index contributed by atoms with van der Waals surface area (Å²) in [6, 6.07) is 10.2. The quantitative estimate of drug-likeness (QED) is 0.569. The van der Waals surface area contributed by atoms with E-state index in [0.29, 0.717) is 53.6 Å². The van der Waals surface area contributed by atoms with Gasteiger partial charge in [0.1, 0.15) is 11.3 Å². The molecule has 1 aromatic heterocycles. The van der Waals surface area contributed by atoms with Gasteiger partial charge in [-0.1, -0.05) is 23.7 Å². The number of carbonyl (C=O) groups excluding carboxylic acids is 1. The highest BCUT2D eigenvalue weighted by Gasteiger charge is 2.42. The van der Waals surface area contributed by atoms with Crippen molar-refractivity contribution >= 4 is 28.5 Å². The lowest BCUT2D eigenvalue weighted by atomic mass is 9.98. The van der Waals surface area contributed by atoms with Crippen LogP contribution in [0.2, 0.25) is 5.02 Å². The maximum absolute atomic E-state index is 13.7. The number of ether oxygens (including phenoxy) is 2. The first-order valence-electron chi connectivity index (χ1n) is 11.0. The van der Waals surface area contributed by atoms with Crippen LogP contribution in [0.15, 0.2) is 45.6 Å². The summed E-state index contributed by atoms with van der Waals surface area (Å²) in [5.41, 5.74) is 2.07. The molecule has 1 fully saturated rings. The zero-order valence-electron chi connectivity index (χ0n) is 18.6. The first-order valence-corrected chi connectivity index (χ1v) is 11.4. The highest BCUT2D eigenvalue weighted by molar-refractivity contribution is 6.32. The fraction of sp³-hybridized carbons (Fsp3) is 0.360. The molecule has 8 heteroatoms. The number of amides is 1. The van der Waals surface area contributed by atoms with Crippen LogP contribution in [0.4, 0.5) is 0 Å². The van der Waals surface area contributed by atoms with E-state index in [4.69, 9.17) is 25.5 Å². The van der Waals surface area contributed by atoms with Crippen LogP contribution in [-0.4, -0.2) is 62.2 Å². The maximum atomic E-state index is 13.7. The summed E-state index contributed by atoms with van der Waals surface area (Å²) in [5.74, 6) is 0.479. The Bertz CT molecular complexity index is 1280. The summed E-state index contributed by atoms with van der Waals surface area (Å²) >= 11 is 6.31. The molecule has 33 heavy (non-hydrogen) atoms. The van der Waals surface area contributed by atoms with Crippen LogP contribution in [0.1, 0.15) is 33.3 Å². The van der Waals surface area contributed by atoms with E-state index < -0.39 is 6.04 Å². The van der Waals surface area contributed by atoms with Crippen LogP contribution >= 0.6 is 11.6 Å². The molecule has 0 aliphatic carbocycles. The normalized spacial score (nSPS) is 18.7. The molecule has 0 saturated carbocycles. The summed E-state index contributed by atoms with van der Waals surface area (Å²) < 4.78 is 16.9. The van der Waals surface area contributed by atoms with E-state index in [1.807, 2.05) is 31.2 Å². The summed E-state index contributed by atoms with van der Waals surface area (Å²) in [5, 5.41) is 0.862. The Morgan fingerprint density at radius 1 is 1.12 bits per heavy atom. The van der Waals surface area contributed by atoms with Crippen molar-refractivity contribution in [2.45, 2.75) is 13.0 Å². The SMILES string of the molecule is COc1cccc(C2c3c(oc4cc(C)c(Cl)cc4c3=O)C(=O)N2CCN2CCOCC2)c1. The molecule has 172 valence electrons. The minimum Gasteiger partial charge on any atom is -0.497 e. The van der Waals surface area contributed by atoms with Gasteiger partial charge in [0, 0.05) is 31.2 Å². The third kappa shape index (κ3) is 3.90. The zero-order valence-corrected chi connectivity index (χ0v) is 19.4. The molecule has 5 rings (SSSR count). The van der Waals surface area contributed by atoms with E-state index in [9.17, 15) is 9.59 Å². The second-order valence-corrected chi connectivity index (χ2v) is 8.81. The maximum Gasteiger partial charge on any atom is 0.290 e. The number of benzene rings is 2. The van der Waals surface area contributed by atoms with Crippen LogP contribution in [0.25, 0.3) is 11.0 Å². The summed E-state index contributed by atoms with van der Waals surface area (Å²) in [6.45, 7) is 5.97. The van der Waals surface area contributed by atoms with Crippen LogP contribution in [0, 0.1) is 6.92 Å². The largest absolute Gasteiger partial charge is 0.497 e. The molecule has 1 unspecified atom stereocenters. The van der Waals surface area contributed by atoms with Gasteiger partial charge in [0.25, 0.3) is 5.91 Å².